The highest BCUT2D eigenvalue weighted by molar-refractivity contribution is 9.10. The van der Waals surface area contributed by atoms with Crippen LogP contribution >= 0.6 is 15.9 Å². The summed E-state index contributed by atoms with van der Waals surface area (Å²) in [6, 6.07) is 16.0. The number of rotatable bonds is 5. The molecule has 0 radical (unpaired) electrons. The fraction of sp³-hybridized carbons (Fsp3) is 0.364. The highest BCUT2D eigenvalue weighted by Crippen LogP contribution is 2.42. The number of amides is 2. The fourth-order valence-corrected chi connectivity index (χ4v) is 4.48. The molecule has 4 rings (SSSR count). The number of anilines is 1. The van der Waals surface area contributed by atoms with Gasteiger partial charge in [-0.05, 0) is 61.4 Å². The molecule has 1 aliphatic heterocycles. The van der Waals surface area contributed by atoms with Crippen molar-refractivity contribution in [1.29, 1.82) is 0 Å². The van der Waals surface area contributed by atoms with Gasteiger partial charge in [0.15, 0.2) is 0 Å². The molecule has 0 bridgehead atoms. The van der Waals surface area contributed by atoms with E-state index in [1.54, 1.807) is 0 Å². The molecule has 27 heavy (non-hydrogen) atoms. The van der Waals surface area contributed by atoms with E-state index in [2.05, 4.69) is 38.7 Å². The molecule has 0 spiro atoms. The molecule has 0 aromatic heterocycles. The molecule has 140 valence electrons. The van der Waals surface area contributed by atoms with E-state index in [1.165, 1.54) is 0 Å². The Bertz CT molecular complexity index is 876. The van der Waals surface area contributed by atoms with Crippen LogP contribution in [-0.4, -0.2) is 11.8 Å². The van der Waals surface area contributed by atoms with Gasteiger partial charge in [-0.15, -0.1) is 0 Å². The van der Waals surface area contributed by atoms with Crippen molar-refractivity contribution in [1.82, 2.24) is 5.32 Å². The Balaban J connectivity index is 1.38. The number of hydrogen-bond donors (Lipinski definition) is 2. The predicted octanol–water partition coefficient (Wildman–Crippen LogP) is 4.54. The Labute approximate surface area is 167 Å². The van der Waals surface area contributed by atoms with Crippen LogP contribution in [0, 0.1) is 5.92 Å². The van der Waals surface area contributed by atoms with Crippen LogP contribution in [-0.2, 0) is 21.5 Å². The van der Waals surface area contributed by atoms with Crippen LogP contribution in [0.25, 0.3) is 0 Å². The van der Waals surface area contributed by atoms with Gasteiger partial charge in [0, 0.05) is 22.5 Å². The first kappa shape index (κ1) is 18.2. The summed E-state index contributed by atoms with van der Waals surface area (Å²) in [6.07, 6.45) is 4.69. The second kappa shape index (κ2) is 7.47. The fourth-order valence-electron chi connectivity index (χ4n) is 4.08. The predicted molar refractivity (Wildman–Crippen MR) is 109 cm³/mol. The van der Waals surface area contributed by atoms with E-state index in [1.807, 2.05) is 36.4 Å². The Morgan fingerprint density at radius 2 is 2.00 bits per heavy atom. The lowest BCUT2D eigenvalue weighted by Gasteiger charge is -2.43. The molecule has 1 unspecified atom stereocenters. The Hall–Kier alpha value is -2.14. The number of fused-ring (bicyclic) bond motifs is 1. The van der Waals surface area contributed by atoms with Gasteiger partial charge in [-0.1, -0.05) is 46.3 Å². The number of hydrogen-bond acceptors (Lipinski definition) is 2. The molecule has 4 nitrogen and oxygen atoms in total. The quantitative estimate of drug-likeness (QED) is 0.737. The molecule has 0 saturated heterocycles. The summed E-state index contributed by atoms with van der Waals surface area (Å²) in [7, 11) is 0. The van der Waals surface area contributed by atoms with Crippen molar-refractivity contribution >= 4 is 33.4 Å². The van der Waals surface area contributed by atoms with E-state index in [-0.39, 0.29) is 23.3 Å². The second-order valence-electron chi connectivity index (χ2n) is 7.58. The Morgan fingerprint density at radius 1 is 1.19 bits per heavy atom. The summed E-state index contributed by atoms with van der Waals surface area (Å²) >= 11 is 3.52. The van der Waals surface area contributed by atoms with Gasteiger partial charge in [0.2, 0.25) is 11.8 Å². The smallest absolute Gasteiger partial charge is 0.227 e. The maximum Gasteiger partial charge on any atom is 0.227 e. The highest BCUT2D eigenvalue weighted by Gasteiger charge is 2.40. The van der Waals surface area contributed by atoms with Gasteiger partial charge >= 0.3 is 0 Å². The largest absolute Gasteiger partial charge is 0.347 e. The molecule has 1 aliphatic carbocycles. The standard InChI is InChI=1S/C22H23BrN2O2/c23-18-7-3-6-17(14-18)22(11-4-12-22)25-20(26)10-9-16-13-15-5-1-2-8-19(15)24-21(16)27/h1-3,5-8,14,16H,4,9-13H2,(H,24,27)(H,25,26). The van der Waals surface area contributed by atoms with Crippen LogP contribution in [0.3, 0.4) is 0 Å². The van der Waals surface area contributed by atoms with Crippen molar-refractivity contribution in [2.45, 2.75) is 44.1 Å². The van der Waals surface area contributed by atoms with Crippen molar-refractivity contribution in [3.63, 3.8) is 0 Å². The van der Waals surface area contributed by atoms with Crippen LogP contribution in [0.1, 0.15) is 43.2 Å². The monoisotopic (exact) mass is 426 g/mol. The van der Waals surface area contributed by atoms with Crippen molar-refractivity contribution in [2.24, 2.45) is 5.92 Å². The second-order valence-corrected chi connectivity index (χ2v) is 8.50. The maximum atomic E-state index is 12.7. The van der Waals surface area contributed by atoms with Crippen molar-refractivity contribution in [2.75, 3.05) is 5.32 Å². The number of para-hydroxylation sites is 1. The average molecular weight is 427 g/mol. The van der Waals surface area contributed by atoms with Gasteiger partial charge < -0.3 is 10.6 Å². The maximum absolute atomic E-state index is 12.7. The Kier molecular flexibility index (Phi) is 5.04. The number of carbonyl (C=O) groups is 2. The molecule has 1 saturated carbocycles. The lowest BCUT2D eigenvalue weighted by atomic mass is 9.71. The van der Waals surface area contributed by atoms with Gasteiger partial charge in [-0.2, -0.15) is 0 Å². The average Bonchev–Trinajstić information content (AvgIpc) is 2.63. The van der Waals surface area contributed by atoms with Crippen molar-refractivity contribution in [3.8, 4) is 0 Å². The molecule has 1 heterocycles. The normalized spacial score (nSPS) is 20.2. The van der Waals surface area contributed by atoms with Crippen LogP contribution in [0.5, 0.6) is 0 Å². The molecule has 2 aromatic carbocycles. The first-order chi connectivity index (χ1) is 13.1. The summed E-state index contributed by atoms with van der Waals surface area (Å²) < 4.78 is 1.03. The lowest BCUT2D eigenvalue weighted by Crippen LogP contribution is -2.50. The van der Waals surface area contributed by atoms with E-state index in [4.69, 9.17) is 0 Å². The summed E-state index contributed by atoms with van der Waals surface area (Å²) in [5, 5.41) is 6.22. The zero-order valence-corrected chi connectivity index (χ0v) is 16.7. The van der Waals surface area contributed by atoms with Crippen molar-refractivity contribution < 1.29 is 9.59 Å². The molecular formula is C22H23BrN2O2. The third-order valence-corrected chi connectivity index (χ3v) is 6.29. The van der Waals surface area contributed by atoms with Crippen LogP contribution in [0.4, 0.5) is 5.69 Å². The van der Waals surface area contributed by atoms with E-state index in [0.29, 0.717) is 19.3 Å². The lowest BCUT2D eigenvalue weighted by molar-refractivity contribution is -0.125. The third kappa shape index (κ3) is 3.79. The highest BCUT2D eigenvalue weighted by atomic mass is 79.9. The molecule has 5 heteroatoms. The van der Waals surface area contributed by atoms with Gasteiger partial charge in [-0.3, -0.25) is 9.59 Å². The van der Waals surface area contributed by atoms with E-state index in [9.17, 15) is 9.59 Å². The SMILES string of the molecule is O=C(CCC1Cc2ccccc2NC1=O)NC1(c2cccc(Br)c2)CCC1. The molecule has 1 fully saturated rings. The molecule has 2 aliphatic rings. The molecule has 2 aromatic rings. The molecular weight excluding hydrogens is 404 g/mol. The van der Waals surface area contributed by atoms with Crippen LogP contribution in [0.2, 0.25) is 0 Å². The molecule has 2 N–H and O–H groups in total. The van der Waals surface area contributed by atoms with Gasteiger partial charge in [0.05, 0.1) is 5.54 Å². The Morgan fingerprint density at radius 3 is 2.74 bits per heavy atom. The summed E-state index contributed by atoms with van der Waals surface area (Å²) in [6.45, 7) is 0. The van der Waals surface area contributed by atoms with Gasteiger partial charge in [0.25, 0.3) is 0 Å². The molecule has 2 amide bonds. The summed E-state index contributed by atoms with van der Waals surface area (Å²) in [4.78, 5) is 25.0. The number of carbonyl (C=O) groups excluding carboxylic acids is 2. The minimum absolute atomic E-state index is 0.0202. The zero-order valence-electron chi connectivity index (χ0n) is 15.1. The van der Waals surface area contributed by atoms with E-state index >= 15 is 0 Å². The van der Waals surface area contributed by atoms with Crippen LogP contribution in [0.15, 0.2) is 53.0 Å². The van der Waals surface area contributed by atoms with Gasteiger partial charge in [0.1, 0.15) is 0 Å². The summed E-state index contributed by atoms with van der Waals surface area (Å²) in [5.74, 6) is -0.0953. The molecule has 1 atom stereocenters. The minimum atomic E-state index is -0.248. The zero-order chi connectivity index (χ0) is 18.9. The third-order valence-electron chi connectivity index (χ3n) is 5.80. The van der Waals surface area contributed by atoms with Crippen LogP contribution < -0.4 is 10.6 Å². The first-order valence-electron chi connectivity index (χ1n) is 9.52. The van der Waals surface area contributed by atoms with Gasteiger partial charge in [-0.25, -0.2) is 0 Å². The topological polar surface area (TPSA) is 58.2 Å². The number of benzene rings is 2. The van der Waals surface area contributed by atoms with E-state index < -0.39 is 0 Å². The minimum Gasteiger partial charge on any atom is -0.347 e. The first-order valence-corrected chi connectivity index (χ1v) is 10.3. The van der Waals surface area contributed by atoms with E-state index in [0.717, 1.165) is 40.5 Å². The van der Waals surface area contributed by atoms with Crippen molar-refractivity contribution in [3.05, 3.63) is 64.1 Å². The summed E-state index contributed by atoms with van der Waals surface area (Å²) in [5.41, 5.74) is 2.95. The number of nitrogens with one attached hydrogen (secondary N) is 2. The number of halogens is 1.